The molecule has 7 heteroatoms. The maximum Gasteiger partial charge on any atom is 0.0701 e. The highest BCUT2D eigenvalue weighted by atomic mass is 16.5. The molecule has 0 aliphatic carbocycles. The highest BCUT2D eigenvalue weighted by Gasteiger charge is 2.37. The third-order valence-electron chi connectivity index (χ3n) is 7.36. The molecule has 0 amide bonds. The Labute approximate surface area is 204 Å². The molecule has 2 aliphatic rings. The summed E-state index contributed by atoms with van der Waals surface area (Å²) in [5.41, 5.74) is 0.630. The van der Waals surface area contributed by atoms with E-state index in [4.69, 9.17) is 14.2 Å². The molecule has 7 nitrogen and oxygen atoms in total. The highest BCUT2D eigenvalue weighted by molar-refractivity contribution is 4.94. The molecule has 2 aliphatic heterocycles. The SMILES string of the molecule is COCCOCC(COCCN1CCN(C(C)(C)C)CC1(C)C)N1CCN(C(C)(C)C)CC1. The second kappa shape index (κ2) is 12.6. The van der Waals surface area contributed by atoms with Crippen LogP contribution in [0.4, 0.5) is 0 Å². The normalized spacial score (nSPS) is 23.2. The van der Waals surface area contributed by atoms with Gasteiger partial charge in [0.1, 0.15) is 0 Å². The minimum atomic E-state index is 0.167. The van der Waals surface area contributed by atoms with Crippen LogP contribution in [0.25, 0.3) is 0 Å². The van der Waals surface area contributed by atoms with Crippen LogP contribution in [0.2, 0.25) is 0 Å². The quantitative estimate of drug-likeness (QED) is 0.430. The van der Waals surface area contributed by atoms with Crippen molar-refractivity contribution >= 4 is 0 Å². The van der Waals surface area contributed by atoms with E-state index in [1.165, 1.54) is 0 Å². The Morgan fingerprint density at radius 3 is 1.79 bits per heavy atom. The van der Waals surface area contributed by atoms with Gasteiger partial charge < -0.3 is 14.2 Å². The number of methoxy groups -OCH3 is 1. The van der Waals surface area contributed by atoms with Crippen molar-refractivity contribution in [3.8, 4) is 0 Å². The van der Waals surface area contributed by atoms with Crippen LogP contribution < -0.4 is 0 Å². The molecule has 0 bridgehead atoms. The molecule has 0 aromatic heterocycles. The van der Waals surface area contributed by atoms with Crippen LogP contribution in [0.15, 0.2) is 0 Å². The molecule has 0 radical (unpaired) electrons. The molecule has 2 rings (SSSR count). The molecule has 1 unspecified atom stereocenters. The summed E-state index contributed by atoms with van der Waals surface area (Å²) in [5, 5.41) is 0. The largest absolute Gasteiger partial charge is 0.382 e. The molecule has 0 spiro atoms. The lowest BCUT2D eigenvalue weighted by Gasteiger charge is -2.51. The average molecular weight is 471 g/mol. The van der Waals surface area contributed by atoms with Gasteiger partial charge in [0.05, 0.1) is 39.1 Å². The van der Waals surface area contributed by atoms with Crippen molar-refractivity contribution in [3.63, 3.8) is 0 Å². The van der Waals surface area contributed by atoms with Crippen LogP contribution in [0.1, 0.15) is 55.4 Å². The van der Waals surface area contributed by atoms with Crippen molar-refractivity contribution in [2.75, 3.05) is 92.5 Å². The van der Waals surface area contributed by atoms with Crippen molar-refractivity contribution in [2.24, 2.45) is 0 Å². The van der Waals surface area contributed by atoms with Crippen molar-refractivity contribution in [1.82, 2.24) is 19.6 Å². The van der Waals surface area contributed by atoms with Crippen LogP contribution in [-0.2, 0) is 14.2 Å². The van der Waals surface area contributed by atoms with E-state index in [1.807, 2.05) is 0 Å². The van der Waals surface area contributed by atoms with E-state index in [-0.39, 0.29) is 16.6 Å². The lowest BCUT2D eigenvalue weighted by Crippen LogP contribution is -2.63. The Kier molecular flexibility index (Phi) is 11.1. The summed E-state index contributed by atoms with van der Waals surface area (Å²) in [6.07, 6.45) is 0. The number of piperazine rings is 2. The summed E-state index contributed by atoms with van der Waals surface area (Å²) in [5.74, 6) is 0. The zero-order valence-corrected chi connectivity index (χ0v) is 23.3. The molecule has 2 saturated heterocycles. The lowest BCUT2D eigenvalue weighted by atomic mass is 9.94. The van der Waals surface area contributed by atoms with Gasteiger partial charge in [0, 0.05) is 76.1 Å². The average Bonchev–Trinajstić information content (AvgIpc) is 2.72. The fourth-order valence-corrected chi connectivity index (χ4v) is 4.95. The van der Waals surface area contributed by atoms with Gasteiger partial charge in [-0.25, -0.2) is 0 Å². The first-order valence-corrected chi connectivity index (χ1v) is 13.0. The topological polar surface area (TPSA) is 40.7 Å². The van der Waals surface area contributed by atoms with Gasteiger partial charge in [-0.1, -0.05) is 0 Å². The first-order valence-electron chi connectivity index (χ1n) is 13.0. The van der Waals surface area contributed by atoms with E-state index in [2.05, 4.69) is 75.0 Å². The fraction of sp³-hybridized carbons (Fsp3) is 1.00. The summed E-state index contributed by atoms with van der Waals surface area (Å²) < 4.78 is 17.3. The molecular formula is C26H54N4O3. The minimum absolute atomic E-state index is 0.167. The molecule has 0 N–H and O–H groups in total. The van der Waals surface area contributed by atoms with E-state index in [9.17, 15) is 0 Å². The van der Waals surface area contributed by atoms with Crippen molar-refractivity contribution in [3.05, 3.63) is 0 Å². The zero-order valence-electron chi connectivity index (χ0n) is 23.3. The number of hydrogen-bond donors (Lipinski definition) is 0. The monoisotopic (exact) mass is 470 g/mol. The van der Waals surface area contributed by atoms with Crippen LogP contribution >= 0.6 is 0 Å². The van der Waals surface area contributed by atoms with E-state index < -0.39 is 0 Å². The number of rotatable bonds is 11. The van der Waals surface area contributed by atoms with E-state index >= 15 is 0 Å². The standard InChI is InChI=1S/C26H54N4O3/c1-24(2,3)28-12-10-27(11-13-28)23(21-33-19-18-31-9)20-32-17-16-29-14-15-30(25(4,5)6)22-26(29,7)8/h23H,10-22H2,1-9H3. The lowest BCUT2D eigenvalue weighted by molar-refractivity contribution is -0.0505. The Morgan fingerprint density at radius 2 is 1.27 bits per heavy atom. The Balaban J connectivity index is 1.81. The first kappa shape index (κ1) is 29.0. The molecule has 196 valence electrons. The maximum atomic E-state index is 6.27. The predicted molar refractivity (Wildman–Crippen MR) is 137 cm³/mol. The molecule has 0 saturated carbocycles. The third-order valence-corrected chi connectivity index (χ3v) is 7.36. The van der Waals surface area contributed by atoms with Gasteiger partial charge in [0.2, 0.25) is 0 Å². The van der Waals surface area contributed by atoms with Crippen LogP contribution in [0, 0.1) is 0 Å². The highest BCUT2D eigenvalue weighted by Crippen LogP contribution is 2.26. The smallest absolute Gasteiger partial charge is 0.0701 e. The van der Waals surface area contributed by atoms with Gasteiger partial charge in [0.25, 0.3) is 0 Å². The first-order chi connectivity index (χ1) is 15.3. The second-order valence-corrected chi connectivity index (χ2v) is 12.4. The number of hydrogen-bond acceptors (Lipinski definition) is 7. The van der Waals surface area contributed by atoms with Crippen LogP contribution in [-0.4, -0.2) is 135 Å². The minimum Gasteiger partial charge on any atom is -0.382 e. The molecule has 1 atom stereocenters. The Morgan fingerprint density at radius 1 is 0.727 bits per heavy atom. The third kappa shape index (κ3) is 9.36. The fourth-order valence-electron chi connectivity index (χ4n) is 4.95. The molecular weight excluding hydrogens is 416 g/mol. The summed E-state index contributed by atoms with van der Waals surface area (Å²) in [6, 6.07) is 0.301. The maximum absolute atomic E-state index is 6.27. The Bertz CT molecular complexity index is 551. The molecule has 0 aromatic rings. The number of nitrogens with zero attached hydrogens (tertiary/aromatic N) is 4. The summed E-state index contributed by atoms with van der Waals surface area (Å²) in [7, 11) is 1.72. The molecule has 2 fully saturated rings. The van der Waals surface area contributed by atoms with Crippen LogP contribution in [0.5, 0.6) is 0 Å². The van der Waals surface area contributed by atoms with E-state index in [1.54, 1.807) is 7.11 Å². The molecule has 2 heterocycles. The zero-order chi connectivity index (χ0) is 24.7. The van der Waals surface area contributed by atoms with Gasteiger partial charge in [-0.2, -0.15) is 0 Å². The van der Waals surface area contributed by atoms with Gasteiger partial charge in [-0.15, -0.1) is 0 Å². The van der Waals surface area contributed by atoms with Crippen molar-refractivity contribution in [2.45, 2.75) is 78.0 Å². The van der Waals surface area contributed by atoms with Gasteiger partial charge in [-0.3, -0.25) is 19.6 Å². The van der Waals surface area contributed by atoms with Crippen molar-refractivity contribution in [1.29, 1.82) is 0 Å². The second-order valence-electron chi connectivity index (χ2n) is 12.4. The summed E-state index contributed by atoms with van der Waals surface area (Å²) in [6.45, 7) is 30.7. The predicted octanol–water partition coefficient (Wildman–Crippen LogP) is 2.65. The molecule has 33 heavy (non-hydrogen) atoms. The van der Waals surface area contributed by atoms with Gasteiger partial charge in [0.15, 0.2) is 0 Å². The van der Waals surface area contributed by atoms with Gasteiger partial charge in [-0.05, 0) is 55.4 Å². The molecule has 0 aromatic carbocycles. The van der Waals surface area contributed by atoms with Crippen molar-refractivity contribution < 1.29 is 14.2 Å². The summed E-state index contributed by atoms with van der Waals surface area (Å²) >= 11 is 0. The Hall–Kier alpha value is -0.280. The van der Waals surface area contributed by atoms with Crippen LogP contribution in [0.3, 0.4) is 0 Å². The summed E-state index contributed by atoms with van der Waals surface area (Å²) in [4.78, 5) is 10.3. The van der Waals surface area contributed by atoms with E-state index in [0.717, 1.165) is 65.6 Å². The number of ether oxygens (including phenoxy) is 3. The van der Waals surface area contributed by atoms with E-state index in [0.29, 0.717) is 25.9 Å². The van der Waals surface area contributed by atoms with Gasteiger partial charge >= 0.3 is 0 Å².